The summed E-state index contributed by atoms with van der Waals surface area (Å²) in [5, 5.41) is 22.2. The molecule has 4 rings (SSSR count). The molecule has 0 saturated heterocycles. The van der Waals surface area contributed by atoms with Crippen LogP contribution in [0.3, 0.4) is 0 Å². The fourth-order valence-corrected chi connectivity index (χ4v) is 3.67. The summed E-state index contributed by atoms with van der Waals surface area (Å²) in [6.45, 7) is 3.69. The van der Waals surface area contributed by atoms with Gasteiger partial charge in [0.15, 0.2) is 0 Å². The van der Waals surface area contributed by atoms with Crippen LogP contribution >= 0.6 is 11.3 Å². The van der Waals surface area contributed by atoms with Crippen molar-refractivity contribution >= 4 is 17.3 Å². The summed E-state index contributed by atoms with van der Waals surface area (Å²) in [6.07, 6.45) is 0. The van der Waals surface area contributed by atoms with Gasteiger partial charge >= 0.3 is 5.97 Å². The summed E-state index contributed by atoms with van der Waals surface area (Å²) in [6, 6.07) is 13.2. The first-order valence-electron chi connectivity index (χ1n) is 8.75. The highest BCUT2D eigenvalue weighted by Crippen LogP contribution is 2.37. The minimum absolute atomic E-state index is 0.221. The molecule has 0 unspecified atom stereocenters. The van der Waals surface area contributed by atoms with Crippen molar-refractivity contribution in [3.63, 3.8) is 0 Å². The van der Waals surface area contributed by atoms with Crippen molar-refractivity contribution < 1.29 is 14.6 Å². The summed E-state index contributed by atoms with van der Waals surface area (Å²) in [7, 11) is 1.68. The topological polar surface area (TPSA) is 103 Å². The lowest BCUT2D eigenvalue weighted by Crippen LogP contribution is -1.94. The molecule has 0 bridgehead atoms. The van der Waals surface area contributed by atoms with Crippen molar-refractivity contribution in [2.45, 2.75) is 13.8 Å². The second kappa shape index (κ2) is 7.44. The fourth-order valence-electron chi connectivity index (χ4n) is 2.77. The number of aromatic carboxylic acids is 1. The Morgan fingerprint density at radius 1 is 1.14 bits per heavy atom. The number of nitrogens with zero attached hydrogens (tertiary/aromatic N) is 5. The first kappa shape index (κ1) is 18.8. The molecular formula is C20H17N5O3S. The molecule has 146 valence electrons. The molecule has 0 spiro atoms. The maximum atomic E-state index is 11.4. The summed E-state index contributed by atoms with van der Waals surface area (Å²) in [4.78, 5) is 17.3. The molecule has 0 atom stereocenters. The van der Waals surface area contributed by atoms with Crippen LogP contribution in [0.1, 0.15) is 20.9 Å². The molecule has 8 nitrogen and oxygen atoms in total. The number of carboxylic acid groups (broad SMARTS) is 1. The van der Waals surface area contributed by atoms with Crippen LogP contribution in [0, 0.1) is 13.8 Å². The van der Waals surface area contributed by atoms with E-state index in [1.54, 1.807) is 20.0 Å². The number of hydrogen-bond donors (Lipinski definition) is 1. The van der Waals surface area contributed by atoms with Gasteiger partial charge in [0.2, 0.25) is 5.82 Å². The molecule has 2 heterocycles. The highest BCUT2D eigenvalue weighted by atomic mass is 32.1. The minimum Gasteiger partial charge on any atom is -0.477 e. The van der Waals surface area contributed by atoms with Gasteiger partial charge in [-0.25, -0.2) is 9.78 Å². The number of thiazole rings is 1. The Labute approximate surface area is 170 Å². The van der Waals surface area contributed by atoms with Crippen LogP contribution in [0.5, 0.6) is 11.5 Å². The highest BCUT2D eigenvalue weighted by molar-refractivity contribution is 7.17. The average molecular weight is 407 g/mol. The van der Waals surface area contributed by atoms with Crippen LogP contribution in [0.25, 0.3) is 22.0 Å². The Morgan fingerprint density at radius 3 is 2.52 bits per heavy atom. The summed E-state index contributed by atoms with van der Waals surface area (Å²) in [5.41, 5.74) is 3.01. The molecule has 0 aliphatic rings. The number of tetrazole rings is 1. The third-order valence-corrected chi connectivity index (χ3v) is 5.41. The molecule has 0 amide bonds. The van der Waals surface area contributed by atoms with Gasteiger partial charge in [-0.2, -0.15) is 4.80 Å². The van der Waals surface area contributed by atoms with Gasteiger partial charge in [0.05, 0.1) is 18.3 Å². The molecule has 0 aliphatic carbocycles. The number of hydrogen-bond acceptors (Lipinski definition) is 7. The quantitative estimate of drug-likeness (QED) is 0.531. The molecule has 29 heavy (non-hydrogen) atoms. The molecule has 2 aromatic heterocycles. The Morgan fingerprint density at radius 2 is 1.90 bits per heavy atom. The molecule has 4 aromatic rings. The van der Waals surface area contributed by atoms with Crippen molar-refractivity contribution in [2.24, 2.45) is 7.05 Å². The van der Waals surface area contributed by atoms with E-state index >= 15 is 0 Å². The van der Waals surface area contributed by atoms with E-state index in [0.29, 0.717) is 33.6 Å². The van der Waals surface area contributed by atoms with Crippen molar-refractivity contribution in [2.75, 3.05) is 0 Å². The predicted octanol–water partition coefficient (Wildman–Crippen LogP) is 4.11. The van der Waals surface area contributed by atoms with E-state index in [-0.39, 0.29) is 4.88 Å². The van der Waals surface area contributed by atoms with Crippen LogP contribution < -0.4 is 4.74 Å². The minimum atomic E-state index is -0.985. The van der Waals surface area contributed by atoms with Crippen molar-refractivity contribution in [3.8, 4) is 33.5 Å². The van der Waals surface area contributed by atoms with Gasteiger partial charge < -0.3 is 9.84 Å². The number of carboxylic acids is 1. The van der Waals surface area contributed by atoms with Crippen LogP contribution in [-0.4, -0.2) is 36.3 Å². The third-order valence-electron chi connectivity index (χ3n) is 4.22. The highest BCUT2D eigenvalue weighted by Gasteiger charge is 2.18. The maximum absolute atomic E-state index is 11.4. The first-order chi connectivity index (χ1) is 13.9. The number of rotatable bonds is 5. The number of ether oxygens (including phenoxy) is 1. The SMILES string of the molecule is Cc1ccc(Oc2ccc(-c3nc(C)c(C(=O)O)s3)cc2-c2nnn(C)n2)cc1. The Balaban J connectivity index is 1.79. The fraction of sp³-hybridized carbons (Fsp3) is 0.150. The Kier molecular flexibility index (Phi) is 4.81. The monoisotopic (exact) mass is 407 g/mol. The standard InChI is InChI=1S/C20H17N5O3S/c1-11-4-7-14(8-5-11)28-16-9-6-13(10-15(16)18-22-24-25(3)23-18)19-21-12(2)17(29-19)20(26)27/h4-10H,1-3H3,(H,26,27). The predicted molar refractivity (Wildman–Crippen MR) is 108 cm³/mol. The summed E-state index contributed by atoms with van der Waals surface area (Å²) in [5.74, 6) is 0.675. The van der Waals surface area contributed by atoms with E-state index in [1.807, 2.05) is 43.3 Å². The van der Waals surface area contributed by atoms with Crippen LogP contribution in [-0.2, 0) is 7.05 Å². The number of carbonyl (C=O) groups is 1. The van der Waals surface area contributed by atoms with Gasteiger partial charge in [-0.1, -0.05) is 17.7 Å². The molecule has 2 aromatic carbocycles. The van der Waals surface area contributed by atoms with Crippen LogP contribution in [0.2, 0.25) is 0 Å². The van der Waals surface area contributed by atoms with E-state index in [9.17, 15) is 9.90 Å². The second-order valence-electron chi connectivity index (χ2n) is 6.47. The van der Waals surface area contributed by atoms with E-state index in [4.69, 9.17) is 4.74 Å². The lowest BCUT2D eigenvalue weighted by Gasteiger charge is -2.10. The largest absolute Gasteiger partial charge is 0.477 e. The molecule has 0 aliphatic heterocycles. The zero-order chi connectivity index (χ0) is 20.5. The van der Waals surface area contributed by atoms with E-state index in [0.717, 1.165) is 22.5 Å². The summed E-state index contributed by atoms with van der Waals surface area (Å²) >= 11 is 1.13. The van der Waals surface area contributed by atoms with Gasteiger partial charge in [-0.15, -0.1) is 21.5 Å². The van der Waals surface area contributed by atoms with Gasteiger partial charge in [-0.3, -0.25) is 0 Å². The van der Waals surface area contributed by atoms with E-state index < -0.39 is 5.97 Å². The number of benzene rings is 2. The zero-order valence-electron chi connectivity index (χ0n) is 15.9. The zero-order valence-corrected chi connectivity index (χ0v) is 16.8. The maximum Gasteiger partial charge on any atom is 0.347 e. The lowest BCUT2D eigenvalue weighted by molar-refractivity contribution is 0.0701. The first-order valence-corrected chi connectivity index (χ1v) is 9.56. The Hall–Kier alpha value is -3.59. The second-order valence-corrected chi connectivity index (χ2v) is 7.47. The van der Waals surface area contributed by atoms with Gasteiger partial charge in [-0.05, 0) is 49.4 Å². The molecular weight excluding hydrogens is 390 g/mol. The molecule has 0 radical (unpaired) electrons. The van der Waals surface area contributed by atoms with Crippen molar-refractivity contribution in [1.29, 1.82) is 0 Å². The summed E-state index contributed by atoms with van der Waals surface area (Å²) < 4.78 is 6.06. The van der Waals surface area contributed by atoms with Gasteiger partial charge in [0.1, 0.15) is 21.4 Å². The van der Waals surface area contributed by atoms with Crippen molar-refractivity contribution in [1.82, 2.24) is 25.2 Å². The Bertz CT molecular complexity index is 1200. The third kappa shape index (κ3) is 3.85. The smallest absolute Gasteiger partial charge is 0.347 e. The molecule has 0 saturated carbocycles. The molecule has 9 heteroatoms. The average Bonchev–Trinajstić information content (AvgIpc) is 3.30. The number of aromatic nitrogens is 5. The molecule has 1 N–H and O–H groups in total. The van der Waals surface area contributed by atoms with Crippen molar-refractivity contribution in [3.05, 3.63) is 58.6 Å². The van der Waals surface area contributed by atoms with Crippen LogP contribution in [0.15, 0.2) is 42.5 Å². The molecule has 0 fully saturated rings. The number of aryl methyl sites for hydroxylation is 3. The van der Waals surface area contributed by atoms with E-state index in [2.05, 4.69) is 20.4 Å². The lowest BCUT2D eigenvalue weighted by atomic mass is 10.1. The van der Waals surface area contributed by atoms with E-state index in [1.165, 1.54) is 4.80 Å². The van der Waals surface area contributed by atoms with Crippen LogP contribution in [0.4, 0.5) is 0 Å². The van der Waals surface area contributed by atoms with Gasteiger partial charge in [0.25, 0.3) is 0 Å². The van der Waals surface area contributed by atoms with Gasteiger partial charge in [0, 0.05) is 5.56 Å². The normalized spacial score (nSPS) is 10.9.